The molecule has 0 spiro atoms. The number of hydrogen-bond acceptors (Lipinski definition) is 6. The highest BCUT2D eigenvalue weighted by Crippen LogP contribution is 2.28. The number of carbonyl (C=O) groups excluding carboxylic acids is 3. The lowest BCUT2D eigenvalue weighted by Gasteiger charge is -2.22. The summed E-state index contributed by atoms with van der Waals surface area (Å²) in [7, 11) is 1.45. The number of nitrogens with one attached hydrogen (secondary N) is 1. The number of primary amides is 1. The zero-order valence-corrected chi connectivity index (χ0v) is 16.2. The zero-order chi connectivity index (χ0) is 20.6. The first-order valence-electron chi connectivity index (χ1n) is 8.31. The van der Waals surface area contributed by atoms with Crippen LogP contribution in [0.25, 0.3) is 6.08 Å². The fourth-order valence-corrected chi connectivity index (χ4v) is 1.96. The molecule has 0 saturated carbocycles. The highest BCUT2D eigenvalue weighted by atomic mass is 16.5. The third-order valence-corrected chi connectivity index (χ3v) is 3.13. The number of carbonyl (C=O) groups is 3. The van der Waals surface area contributed by atoms with Gasteiger partial charge in [-0.1, -0.05) is 6.07 Å². The minimum absolute atomic E-state index is 0.271. The maximum Gasteiger partial charge on any atom is 0.331 e. The molecule has 0 aliphatic carbocycles. The molecule has 2 amide bonds. The van der Waals surface area contributed by atoms with Gasteiger partial charge in [-0.2, -0.15) is 0 Å². The fourth-order valence-electron chi connectivity index (χ4n) is 1.96. The summed E-state index contributed by atoms with van der Waals surface area (Å²) in [5.74, 6) is -0.900. The fraction of sp³-hybridized carbons (Fsp3) is 0.421. The van der Waals surface area contributed by atoms with Gasteiger partial charge in [-0.25, -0.2) is 4.79 Å². The average molecular weight is 378 g/mol. The summed E-state index contributed by atoms with van der Waals surface area (Å²) in [4.78, 5) is 34.6. The summed E-state index contributed by atoms with van der Waals surface area (Å²) < 4.78 is 15.5. The monoisotopic (exact) mass is 378 g/mol. The molecule has 8 heteroatoms. The molecule has 0 bridgehead atoms. The van der Waals surface area contributed by atoms with Crippen molar-refractivity contribution in [3.63, 3.8) is 0 Å². The minimum Gasteiger partial charge on any atom is -0.493 e. The number of rotatable bonds is 8. The molecule has 0 aromatic heterocycles. The quantitative estimate of drug-likeness (QED) is 0.522. The number of methoxy groups -OCH3 is 1. The average Bonchev–Trinajstić information content (AvgIpc) is 2.56. The van der Waals surface area contributed by atoms with Gasteiger partial charge in [0, 0.05) is 11.6 Å². The van der Waals surface area contributed by atoms with E-state index in [0.29, 0.717) is 17.1 Å². The Morgan fingerprint density at radius 3 is 2.44 bits per heavy atom. The second-order valence-corrected chi connectivity index (χ2v) is 6.82. The first kappa shape index (κ1) is 22.0. The van der Waals surface area contributed by atoms with Crippen LogP contribution in [0.2, 0.25) is 0 Å². The SMILES string of the molecule is COc1cc(/C=C/C(=O)OC(C)C(=O)NC(C)(C)C)ccc1OCC(N)=O. The van der Waals surface area contributed by atoms with Crippen LogP contribution in [0, 0.1) is 0 Å². The largest absolute Gasteiger partial charge is 0.493 e. The number of esters is 1. The van der Waals surface area contributed by atoms with Gasteiger partial charge in [0.25, 0.3) is 11.8 Å². The number of nitrogens with two attached hydrogens (primary N) is 1. The van der Waals surface area contributed by atoms with Gasteiger partial charge < -0.3 is 25.3 Å². The smallest absolute Gasteiger partial charge is 0.331 e. The molecule has 0 fully saturated rings. The Hall–Kier alpha value is -3.03. The summed E-state index contributed by atoms with van der Waals surface area (Å²) in [6.07, 6.45) is 1.80. The Balaban J connectivity index is 2.71. The topological polar surface area (TPSA) is 117 Å². The van der Waals surface area contributed by atoms with Crippen LogP contribution in [0.1, 0.15) is 33.3 Å². The molecule has 148 valence electrons. The van der Waals surface area contributed by atoms with Gasteiger partial charge >= 0.3 is 5.97 Å². The van der Waals surface area contributed by atoms with Crippen LogP contribution in [-0.2, 0) is 19.1 Å². The molecule has 1 unspecified atom stereocenters. The zero-order valence-electron chi connectivity index (χ0n) is 16.2. The number of hydrogen-bond donors (Lipinski definition) is 2. The van der Waals surface area contributed by atoms with Crippen molar-refractivity contribution >= 4 is 23.9 Å². The van der Waals surface area contributed by atoms with Crippen LogP contribution < -0.4 is 20.5 Å². The lowest BCUT2D eigenvalue weighted by Crippen LogP contribution is -2.46. The van der Waals surface area contributed by atoms with E-state index in [0.717, 1.165) is 0 Å². The molecule has 1 atom stereocenters. The van der Waals surface area contributed by atoms with Crippen molar-refractivity contribution in [2.45, 2.75) is 39.3 Å². The van der Waals surface area contributed by atoms with Gasteiger partial charge in [-0.15, -0.1) is 0 Å². The number of benzene rings is 1. The molecule has 0 saturated heterocycles. The van der Waals surface area contributed by atoms with Crippen LogP contribution in [0.5, 0.6) is 11.5 Å². The maximum absolute atomic E-state index is 11.9. The van der Waals surface area contributed by atoms with Gasteiger partial charge in [0.1, 0.15) is 0 Å². The van der Waals surface area contributed by atoms with Gasteiger partial charge in [-0.3, -0.25) is 9.59 Å². The van der Waals surface area contributed by atoms with E-state index in [1.807, 2.05) is 20.8 Å². The van der Waals surface area contributed by atoms with Crippen LogP contribution in [0.4, 0.5) is 0 Å². The van der Waals surface area contributed by atoms with E-state index in [-0.39, 0.29) is 12.5 Å². The molecule has 0 heterocycles. The van der Waals surface area contributed by atoms with Crippen molar-refractivity contribution in [1.29, 1.82) is 0 Å². The molecular weight excluding hydrogens is 352 g/mol. The maximum atomic E-state index is 11.9. The van der Waals surface area contributed by atoms with Crippen LogP contribution >= 0.6 is 0 Å². The van der Waals surface area contributed by atoms with Crippen LogP contribution in [0.3, 0.4) is 0 Å². The Morgan fingerprint density at radius 1 is 1.22 bits per heavy atom. The van der Waals surface area contributed by atoms with Crippen molar-refractivity contribution in [2.24, 2.45) is 5.73 Å². The summed E-state index contributed by atoms with van der Waals surface area (Å²) in [6.45, 7) is 6.74. The standard InChI is InChI=1S/C19H26N2O6/c1-12(18(24)21-19(2,3)4)27-17(23)9-7-13-6-8-14(15(10-13)25-5)26-11-16(20)22/h6-10,12H,11H2,1-5H3,(H2,20,22)(H,21,24)/b9-7+. The Labute approximate surface area is 158 Å². The first-order valence-corrected chi connectivity index (χ1v) is 8.31. The molecule has 1 rings (SSSR count). The second-order valence-electron chi connectivity index (χ2n) is 6.82. The molecule has 0 aliphatic rings. The van der Waals surface area contributed by atoms with Gasteiger partial charge in [0.2, 0.25) is 0 Å². The molecule has 27 heavy (non-hydrogen) atoms. The van der Waals surface area contributed by atoms with E-state index in [1.165, 1.54) is 26.2 Å². The summed E-state index contributed by atoms with van der Waals surface area (Å²) >= 11 is 0. The normalized spacial score (nSPS) is 12.3. The lowest BCUT2D eigenvalue weighted by molar-refractivity contribution is -0.150. The summed E-state index contributed by atoms with van der Waals surface area (Å²) in [5, 5.41) is 2.74. The second kappa shape index (κ2) is 9.61. The van der Waals surface area contributed by atoms with E-state index in [9.17, 15) is 14.4 Å². The van der Waals surface area contributed by atoms with Gasteiger partial charge in [0.15, 0.2) is 24.2 Å². The Morgan fingerprint density at radius 2 is 1.89 bits per heavy atom. The van der Waals surface area contributed by atoms with E-state index in [1.54, 1.807) is 18.2 Å². The van der Waals surface area contributed by atoms with Crippen molar-refractivity contribution in [2.75, 3.05) is 13.7 Å². The Bertz CT molecular complexity index is 721. The number of ether oxygens (including phenoxy) is 3. The minimum atomic E-state index is -0.916. The van der Waals surface area contributed by atoms with E-state index >= 15 is 0 Å². The summed E-state index contributed by atoms with van der Waals surface area (Å²) in [6, 6.07) is 4.88. The molecule has 8 nitrogen and oxygen atoms in total. The van der Waals surface area contributed by atoms with E-state index < -0.39 is 23.5 Å². The summed E-state index contributed by atoms with van der Waals surface area (Å²) in [5.41, 5.74) is 5.27. The van der Waals surface area contributed by atoms with E-state index in [4.69, 9.17) is 19.9 Å². The molecule has 0 aliphatic heterocycles. The highest BCUT2D eigenvalue weighted by molar-refractivity contribution is 5.90. The van der Waals surface area contributed by atoms with Crippen molar-refractivity contribution < 1.29 is 28.6 Å². The number of amides is 2. The lowest BCUT2D eigenvalue weighted by atomic mass is 10.1. The van der Waals surface area contributed by atoms with Gasteiger partial charge in [0.05, 0.1) is 7.11 Å². The highest BCUT2D eigenvalue weighted by Gasteiger charge is 2.21. The van der Waals surface area contributed by atoms with Crippen molar-refractivity contribution in [3.8, 4) is 11.5 Å². The molecule has 3 N–H and O–H groups in total. The van der Waals surface area contributed by atoms with Crippen LogP contribution in [0.15, 0.2) is 24.3 Å². The molecular formula is C19H26N2O6. The van der Waals surface area contributed by atoms with E-state index in [2.05, 4.69) is 5.32 Å². The molecule has 0 radical (unpaired) electrons. The van der Waals surface area contributed by atoms with Crippen LogP contribution in [-0.4, -0.2) is 43.1 Å². The van der Waals surface area contributed by atoms with Crippen molar-refractivity contribution in [3.05, 3.63) is 29.8 Å². The van der Waals surface area contributed by atoms with Crippen molar-refractivity contribution in [1.82, 2.24) is 5.32 Å². The predicted octanol–water partition coefficient (Wildman–Crippen LogP) is 1.42. The first-order chi connectivity index (χ1) is 12.5. The Kier molecular flexibility index (Phi) is 7.83. The third-order valence-electron chi connectivity index (χ3n) is 3.13. The predicted molar refractivity (Wildman–Crippen MR) is 100 cm³/mol. The molecule has 1 aromatic rings. The third kappa shape index (κ3) is 8.26. The van der Waals surface area contributed by atoms with Gasteiger partial charge in [-0.05, 0) is 51.5 Å². The molecule has 1 aromatic carbocycles.